The number of rotatable bonds is 9. The molecule has 1 saturated carbocycles. The van der Waals surface area contributed by atoms with Crippen LogP contribution in [-0.2, 0) is 11.3 Å². The van der Waals surface area contributed by atoms with Crippen LogP contribution < -0.4 is 15.6 Å². The number of ether oxygens (including phenoxy) is 2. The summed E-state index contributed by atoms with van der Waals surface area (Å²) in [6, 6.07) is 7.59. The number of hydrogen-bond acceptors (Lipinski definition) is 10. The molecule has 3 fully saturated rings. The van der Waals surface area contributed by atoms with Crippen LogP contribution in [0.3, 0.4) is 0 Å². The number of morpholine rings is 1. The normalized spacial score (nSPS) is 24.6. The molecule has 14 heteroatoms. The van der Waals surface area contributed by atoms with Crippen LogP contribution in [0.1, 0.15) is 51.5 Å². The molecule has 0 amide bonds. The van der Waals surface area contributed by atoms with Crippen molar-refractivity contribution in [2.75, 3.05) is 18.5 Å². The average Bonchev–Trinajstić information content (AvgIpc) is 3.72. The third kappa shape index (κ3) is 6.01. The Hall–Kier alpha value is -3.81. The number of H-pyrrole nitrogens is 1. The van der Waals surface area contributed by atoms with Crippen LogP contribution in [0, 0.1) is 0 Å². The molecule has 2 bridgehead atoms. The number of halogens is 1. The van der Waals surface area contributed by atoms with E-state index in [9.17, 15) is 4.79 Å². The summed E-state index contributed by atoms with van der Waals surface area (Å²) in [7, 11) is 0. The number of aromatic amines is 1. The van der Waals surface area contributed by atoms with Gasteiger partial charge in [0.15, 0.2) is 0 Å². The fraction of sp³-hybridized carbons (Fsp3) is 0.517. The lowest BCUT2D eigenvalue weighted by Crippen LogP contribution is -2.52. The van der Waals surface area contributed by atoms with Crippen LogP contribution in [0.4, 0.5) is 11.6 Å². The van der Waals surface area contributed by atoms with E-state index in [1.807, 2.05) is 29.9 Å². The van der Waals surface area contributed by atoms with Crippen molar-refractivity contribution in [2.24, 2.45) is 0 Å². The van der Waals surface area contributed by atoms with Crippen molar-refractivity contribution in [1.29, 1.82) is 0 Å². The minimum atomic E-state index is -0.209. The van der Waals surface area contributed by atoms with Gasteiger partial charge in [-0.3, -0.25) is 19.5 Å². The van der Waals surface area contributed by atoms with Crippen molar-refractivity contribution in [3.63, 3.8) is 0 Å². The van der Waals surface area contributed by atoms with E-state index >= 15 is 0 Å². The molecule has 0 radical (unpaired) electrons. The molecule has 2 saturated heterocycles. The molecule has 13 nitrogen and oxygen atoms in total. The van der Waals surface area contributed by atoms with Gasteiger partial charge in [-0.2, -0.15) is 0 Å². The Labute approximate surface area is 253 Å². The number of nitrogens with zero attached hydrogens (tertiary/aromatic N) is 8. The summed E-state index contributed by atoms with van der Waals surface area (Å²) in [4.78, 5) is 24.4. The molecular weight excluding hydrogens is 572 g/mol. The number of fused-ring (bicyclic) bond motifs is 2. The number of aromatic nitrogens is 8. The predicted octanol–water partition coefficient (Wildman–Crippen LogP) is 3.83. The first-order chi connectivity index (χ1) is 21.0. The topological polar surface area (TPSA) is 141 Å². The molecule has 1 aliphatic carbocycles. The zero-order valence-corrected chi connectivity index (χ0v) is 24.7. The number of tetrazole rings is 1. The number of benzene rings is 1. The van der Waals surface area contributed by atoms with E-state index in [1.54, 1.807) is 23.1 Å². The van der Waals surface area contributed by atoms with E-state index in [1.165, 1.54) is 19.2 Å². The van der Waals surface area contributed by atoms with Crippen LogP contribution >= 0.6 is 11.6 Å². The molecule has 226 valence electrons. The SMILES string of the molecule is CC(Cn1cnnn1)Oc1cc(-c2cnc(Nc3cn(C4CCC(N5[C@@H]6CC[C@H]5COC6)CC4)[nH]c3=O)nc2)ccc1Cl. The summed E-state index contributed by atoms with van der Waals surface area (Å²) in [5.41, 5.74) is 1.89. The molecule has 2 aliphatic heterocycles. The zero-order valence-electron chi connectivity index (χ0n) is 24.0. The molecular formula is C29H35ClN10O3. The van der Waals surface area contributed by atoms with Gasteiger partial charge in [-0.15, -0.1) is 5.10 Å². The first-order valence-corrected chi connectivity index (χ1v) is 15.3. The van der Waals surface area contributed by atoms with Crippen molar-refractivity contribution in [3.05, 3.63) is 58.5 Å². The third-order valence-electron chi connectivity index (χ3n) is 8.85. The lowest BCUT2D eigenvalue weighted by Gasteiger charge is -2.43. The first-order valence-electron chi connectivity index (χ1n) is 14.9. The largest absolute Gasteiger partial charge is 0.487 e. The van der Waals surface area contributed by atoms with Gasteiger partial charge >= 0.3 is 0 Å². The molecule has 3 aliphatic rings. The fourth-order valence-corrected chi connectivity index (χ4v) is 6.96. The van der Waals surface area contributed by atoms with Gasteiger partial charge in [0, 0.05) is 36.1 Å². The number of nitrogens with one attached hydrogen (secondary N) is 2. The Kier molecular flexibility index (Phi) is 7.85. The van der Waals surface area contributed by atoms with E-state index in [0.717, 1.165) is 50.0 Å². The van der Waals surface area contributed by atoms with Crippen molar-refractivity contribution < 1.29 is 9.47 Å². The molecule has 7 rings (SSSR count). The third-order valence-corrected chi connectivity index (χ3v) is 9.16. The van der Waals surface area contributed by atoms with Crippen molar-refractivity contribution >= 4 is 23.2 Å². The average molecular weight is 607 g/mol. The lowest BCUT2D eigenvalue weighted by atomic mass is 9.89. The van der Waals surface area contributed by atoms with Gasteiger partial charge in [-0.25, -0.2) is 14.6 Å². The van der Waals surface area contributed by atoms with Gasteiger partial charge in [-0.05, 0) is 73.6 Å². The molecule has 3 atom stereocenters. The number of hydrogen-bond donors (Lipinski definition) is 2. The van der Waals surface area contributed by atoms with Crippen LogP contribution in [0.2, 0.25) is 5.02 Å². The standard InChI is InChI=1S/C29H35ClN10O3/c1-18(13-38-17-33-36-37-38)43-27-10-19(2-9-25(27)30)20-11-31-29(32-12-20)34-26-14-39(35-28(26)41)21-3-5-22(6-4-21)40-23-7-8-24(40)16-42-15-23/h2,9-12,14,17-18,21-24H,3-8,13,15-16H2,1H3,(H,35,41)(H,31,32,34)/t18?,21?,22?,23-,24+. The Balaban J connectivity index is 0.971. The first kappa shape index (κ1) is 28.0. The van der Waals surface area contributed by atoms with Crippen molar-refractivity contribution in [1.82, 2.24) is 44.9 Å². The summed E-state index contributed by atoms with van der Waals surface area (Å²) in [6.45, 7) is 4.15. The Morgan fingerprint density at radius 2 is 1.77 bits per heavy atom. The Morgan fingerprint density at radius 3 is 2.49 bits per heavy atom. The van der Waals surface area contributed by atoms with E-state index in [0.29, 0.717) is 47.1 Å². The zero-order chi connectivity index (χ0) is 29.3. The second-order valence-corrected chi connectivity index (χ2v) is 12.2. The number of anilines is 2. The minimum Gasteiger partial charge on any atom is -0.487 e. The summed E-state index contributed by atoms with van der Waals surface area (Å²) >= 11 is 6.40. The van der Waals surface area contributed by atoms with Gasteiger partial charge in [0.25, 0.3) is 5.56 Å². The quantitative estimate of drug-likeness (QED) is 0.289. The van der Waals surface area contributed by atoms with E-state index in [2.05, 4.69) is 40.8 Å². The molecule has 1 unspecified atom stereocenters. The van der Waals surface area contributed by atoms with Gasteiger partial charge in [0.1, 0.15) is 23.9 Å². The van der Waals surface area contributed by atoms with Crippen LogP contribution in [0.25, 0.3) is 11.1 Å². The summed E-state index contributed by atoms with van der Waals surface area (Å²) in [5, 5.41) is 17.7. The monoisotopic (exact) mass is 606 g/mol. The van der Waals surface area contributed by atoms with Gasteiger partial charge < -0.3 is 14.8 Å². The molecule has 1 aromatic carbocycles. The van der Waals surface area contributed by atoms with Gasteiger partial charge in [0.05, 0.1) is 37.0 Å². The molecule has 2 N–H and O–H groups in total. The van der Waals surface area contributed by atoms with Crippen LogP contribution in [0.5, 0.6) is 5.75 Å². The second kappa shape index (κ2) is 12.1. The minimum absolute atomic E-state index is 0.184. The molecule has 4 aromatic rings. The summed E-state index contributed by atoms with van der Waals surface area (Å²) in [6.07, 6.45) is 13.5. The predicted molar refractivity (Wildman–Crippen MR) is 159 cm³/mol. The van der Waals surface area contributed by atoms with Crippen molar-refractivity contribution in [2.45, 2.75) is 82.3 Å². The van der Waals surface area contributed by atoms with E-state index in [4.69, 9.17) is 21.1 Å². The molecule has 5 heterocycles. The van der Waals surface area contributed by atoms with Crippen LogP contribution in [0.15, 0.2) is 47.9 Å². The smallest absolute Gasteiger partial charge is 0.287 e. The summed E-state index contributed by atoms with van der Waals surface area (Å²) < 4.78 is 15.4. The van der Waals surface area contributed by atoms with Gasteiger partial charge in [0.2, 0.25) is 5.95 Å². The lowest BCUT2D eigenvalue weighted by molar-refractivity contribution is -0.0458. The van der Waals surface area contributed by atoms with Crippen LogP contribution in [-0.4, -0.2) is 82.3 Å². The highest BCUT2D eigenvalue weighted by Crippen LogP contribution is 2.38. The van der Waals surface area contributed by atoms with Crippen molar-refractivity contribution in [3.8, 4) is 16.9 Å². The maximum atomic E-state index is 12.8. The highest BCUT2D eigenvalue weighted by molar-refractivity contribution is 6.32. The van der Waals surface area contributed by atoms with Gasteiger partial charge in [-0.1, -0.05) is 17.7 Å². The van der Waals surface area contributed by atoms with E-state index in [-0.39, 0.29) is 17.7 Å². The molecule has 43 heavy (non-hydrogen) atoms. The highest BCUT2D eigenvalue weighted by atomic mass is 35.5. The maximum Gasteiger partial charge on any atom is 0.287 e. The van der Waals surface area contributed by atoms with E-state index < -0.39 is 0 Å². The molecule has 3 aromatic heterocycles. The maximum absolute atomic E-state index is 12.8. The molecule has 0 spiro atoms. The second-order valence-electron chi connectivity index (χ2n) is 11.7. The fourth-order valence-electron chi connectivity index (χ4n) is 6.80. The Morgan fingerprint density at radius 1 is 1.05 bits per heavy atom. The summed E-state index contributed by atoms with van der Waals surface area (Å²) in [5.74, 6) is 0.889. The Bertz CT molecular complexity index is 1570. The highest BCUT2D eigenvalue weighted by Gasteiger charge is 2.42.